The van der Waals surface area contributed by atoms with Gasteiger partial charge >= 0.3 is 0 Å². The molecule has 0 amide bonds. The average Bonchev–Trinajstić information content (AvgIpc) is 3.00. The summed E-state index contributed by atoms with van der Waals surface area (Å²) in [6.07, 6.45) is 5.12. The summed E-state index contributed by atoms with van der Waals surface area (Å²) in [5, 5.41) is 8.76. The van der Waals surface area contributed by atoms with Gasteiger partial charge in [0.15, 0.2) is 5.69 Å². The largest absolute Gasteiger partial charge is 1.00 e. The van der Waals surface area contributed by atoms with Gasteiger partial charge in [0.25, 0.3) is 5.82 Å². The molecule has 1 aromatic heterocycles. The molecular weight excluding hydrogens is 314 g/mol. The Morgan fingerprint density at radius 1 is 1.30 bits per heavy atom. The van der Waals surface area contributed by atoms with Crippen LogP contribution in [0.2, 0.25) is 0 Å². The molecule has 0 atom stereocenters. The van der Waals surface area contributed by atoms with E-state index in [0.29, 0.717) is 6.42 Å². The van der Waals surface area contributed by atoms with Crippen molar-refractivity contribution in [3.63, 3.8) is 0 Å². The fraction of sp³-hybridized carbons (Fsp3) is 0.375. The summed E-state index contributed by atoms with van der Waals surface area (Å²) < 4.78 is 4.66. The molecular formula is C16H18BrN3. The van der Waals surface area contributed by atoms with Gasteiger partial charge in [-0.25, -0.2) is 9.13 Å². The molecule has 1 aliphatic rings. The smallest absolute Gasteiger partial charge is 0.257 e. The van der Waals surface area contributed by atoms with E-state index in [4.69, 9.17) is 5.26 Å². The Balaban J connectivity index is 0.00000147. The number of aromatic nitrogens is 2. The van der Waals surface area contributed by atoms with Gasteiger partial charge in [0.05, 0.1) is 25.5 Å². The Labute approximate surface area is 130 Å². The van der Waals surface area contributed by atoms with E-state index >= 15 is 0 Å². The fourth-order valence-corrected chi connectivity index (χ4v) is 2.83. The second kappa shape index (κ2) is 6.23. The number of aryl methyl sites for hydroxylation is 2. The van der Waals surface area contributed by atoms with Crippen LogP contribution in [0.5, 0.6) is 0 Å². The molecule has 0 spiro atoms. The molecule has 1 aromatic carbocycles. The highest BCUT2D eigenvalue weighted by Crippen LogP contribution is 2.25. The van der Waals surface area contributed by atoms with Gasteiger partial charge in [-0.05, 0) is 13.3 Å². The predicted molar refractivity (Wildman–Crippen MR) is 73.4 cm³/mol. The highest BCUT2D eigenvalue weighted by atomic mass is 79.9. The lowest BCUT2D eigenvalue weighted by Gasteiger charge is -1.99. The van der Waals surface area contributed by atoms with Gasteiger partial charge in [-0.15, -0.1) is 0 Å². The first-order valence-corrected chi connectivity index (χ1v) is 6.85. The van der Waals surface area contributed by atoms with Crippen LogP contribution in [0.1, 0.15) is 24.2 Å². The quantitative estimate of drug-likeness (QED) is 0.705. The SMILES string of the molecule is Cc1ccc(-c2c[n+](CCC#N)c3n2CCC3)cc1.[Br-]. The Kier molecular flexibility index (Phi) is 4.61. The summed E-state index contributed by atoms with van der Waals surface area (Å²) >= 11 is 0. The van der Waals surface area contributed by atoms with Crippen LogP contribution in [0.25, 0.3) is 11.3 Å². The number of benzene rings is 1. The van der Waals surface area contributed by atoms with Crippen LogP contribution in [-0.4, -0.2) is 4.57 Å². The lowest BCUT2D eigenvalue weighted by molar-refractivity contribution is -0.701. The second-order valence-electron chi connectivity index (χ2n) is 5.15. The molecule has 0 aliphatic carbocycles. The van der Waals surface area contributed by atoms with E-state index in [-0.39, 0.29) is 17.0 Å². The molecule has 4 heteroatoms. The number of fused-ring (bicyclic) bond motifs is 1. The van der Waals surface area contributed by atoms with Crippen molar-refractivity contribution in [3.05, 3.63) is 41.9 Å². The first-order valence-electron chi connectivity index (χ1n) is 6.85. The highest BCUT2D eigenvalue weighted by Gasteiger charge is 2.28. The monoisotopic (exact) mass is 331 g/mol. The fourth-order valence-electron chi connectivity index (χ4n) is 2.83. The molecule has 0 saturated heterocycles. The van der Waals surface area contributed by atoms with E-state index in [0.717, 1.165) is 19.5 Å². The zero-order valence-electron chi connectivity index (χ0n) is 11.6. The third-order valence-electron chi connectivity index (χ3n) is 3.81. The molecule has 0 radical (unpaired) electrons. The number of hydrogen-bond donors (Lipinski definition) is 0. The lowest BCUT2D eigenvalue weighted by Crippen LogP contribution is -3.00. The van der Waals surface area contributed by atoms with Crippen LogP contribution in [-0.2, 0) is 19.5 Å². The van der Waals surface area contributed by atoms with Crippen molar-refractivity contribution in [2.24, 2.45) is 0 Å². The molecule has 2 heterocycles. The standard InChI is InChI=1S/C16H18N3.BrH/c1-13-5-7-14(8-6-13)15-12-18(10-3-9-17)16-4-2-11-19(15)16;/h5-8,12H,2-4,10-11H2,1H3;1H/q+1;/p-1. The van der Waals surface area contributed by atoms with Gasteiger partial charge in [0.2, 0.25) is 0 Å². The normalized spacial score (nSPS) is 12.6. The van der Waals surface area contributed by atoms with Gasteiger partial charge < -0.3 is 17.0 Å². The van der Waals surface area contributed by atoms with Crippen molar-refractivity contribution in [2.75, 3.05) is 0 Å². The zero-order valence-corrected chi connectivity index (χ0v) is 13.2. The lowest BCUT2D eigenvalue weighted by atomic mass is 10.1. The van der Waals surface area contributed by atoms with E-state index in [1.54, 1.807) is 0 Å². The number of nitriles is 1. The summed E-state index contributed by atoms with van der Waals surface area (Å²) in [5.41, 5.74) is 3.84. The van der Waals surface area contributed by atoms with Crippen molar-refractivity contribution >= 4 is 0 Å². The van der Waals surface area contributed by atoms with Crippen LogP contribution in [0.15, 0.2) is 30.5 Å². The highest BCUT2D eigenvalue weighted by molar-refractivity contribution is 5.59. The molecule has 2 aromatic rings. The minimum Gasteiger partial charge on any atom is -1.00 e. The van der Waals surface area contributed by atoms with Crippen molar-refractivity contribution in [1.82, 2.24) is 4.57 Å². The summed E-state index contributed by atoms with van der Waals surface area (Å²) in [5.74, 6) is 1.37. The summed E-state index contributed by atoms with van der Waals surface area (Å²) in [6, 6.07) is 10.9. The van der Waals surface area contributed by atoms with Crippen molar-refractivity contribution < 1.29 is 21.5 Å². The summed E-state index contributed by atoms with van der Waals surface area (Å²) in [6.45, 7) is 4.01. The molecule has 0 N–H and O–H groups in total. The van der Waals surface area contributed by atoms with Crippen molar-refractivity contribution in [3.8, 4) is 17.3 Å². The molecule has 0 bridgehead atoms. The molecule has 1 aliphatic heterocycles. The average molecular weight is 332 g/mol. The number of imidazole rings is 1. The molecule has 20 heavy (non-hydrogen) atoms. The second-order valence-corrected chi connectivity index (χ2v) is 5.15. The van der Waals surface area contributed by atoms with Gasteiger partial charge in [0, 0.05) is 5.56 Å². The molecule has 104 valence electrons. The van der Waals surface area contributed by atoms with Gasteiger partial charge in [-0.1, -0.05) is 29.8 Å². The topological polar surface area (TPSA) is 32.6 Å². The maximum absolute atomic E-state index is 8.76. The van der Waals surface area contributed by atoms with Crippen LogP contribution < -0.4 is 21.5 Å². The van der Waals surface area contributed by atoms with E-state index in [1.165, 1.54) is 29.1 Å². The Morgan fingerprint density at radius 2 is 2.05 bits per heavy atom. The Bertz CT molecular complexity index is 635. The third kappa shape index (κ3) is 2.64. The summed E-state index contributed by atoms with van der Waals surface area (Å²) in [4.78, 5) is 0. The van der Waals surface area contributed by atoms with Gasteiger partial charge in [0.1, 0.15) is 12.7 Å². The molecule has 0 unspecified atom stereocenters. The summed E-state index contributed by atoms with van der Waals surface area (Å²) in [7, 11) is 0. The van der Waals surface area contributed by atoms with Crippen LogP contribution in [0.4, 0.5) is 0 Å². The first kappa shape index (κ1) is 14.8. The minimum absolute atomic E-state index is 0. The number of nitrogens with zero attached hydrogens (tertiary/aromatic N) is 3. The molecule has 0 saturated carbocycles. The molecule has 3 rings (SSSR count). The maximum Gasteiger partial charge on any atom is 0.257 e. The van der Waals surface area contributed by atoms with Crippen LogP contribution in [0.3, 0.4) is 0 Å². The van der Waals surface area contributed by atoms with Gasteiger partial charge in [-0.2, -0.15) is 5.26 Å². The van der Waals surface area contributed by atoms with Crippen LogP contribution >= 0.6 is 0 Å². The minimum atomic E-state index is 0. The number of hydrogen-bond acceptors (Lipinski definition) is 1. The molecule has 0 fully saturated rings. The number of halogens is 1. The maximum atomic E-state index is 8.76. The van der Waals surface area contributed by atoms with Crippen LogP contribution in [0, 0.1) is 18.3 Å². The Morgan fingerprint density at radius 3 is 2.75 bits per heavy atom. The predicted octanol–water partition coefficient (Wildman–Crippen LogP) is -0.385. The molecule has 3 nitrogen and oxygen atoms in total. The van der Waals surface area contributed by atoms with E-state index in [2.05, 4.69) is 52.6 Å². The van der Waals surface area contributed by atoms with E-state index in [9.17, 15) is 0 Å². The third-order valence-corrected chi connectivity index (χ3v) is 3.81. The first-order chi connectivity index (χ1) is 9.29. The number of rotatable bonds is 3. The van der Waals surface area contributed by atoms with Crippen molar-refractivity contribution in [1.29, 1.82) is 5.26 Å². The Hall–Kier alpha value is -1.60. The van der Waals surface area contributed by atoms with Crippen molar-refractivity contribution in [2.45, 2.75) is 39.3 Å². The van der Waals surface area contributed by atoms with E-state index < -0.39 is 0 Å². The van der Waals surface area contributed by atoms with Gasteiger partial charge in [-0.3, -0.25) is 0 Å². The zero-order chi connectivity index (χ0) is 13.2. The van der Waals surface area contributed by atoms with E-state index in [1.807, 2.05) is 0 Å².